The minimum absolute atomic E-state index is 0.139. The third-order valence-electron chi connectivity index (χ3n) is 3.51. The molecule has 1 heterocycles. The summed E-state index contributed by atoms with van der Waals surface area (Å²) in [6, 6.07) is 9.30. The molecule has 0 unspecified atom stereocenters. The number of hydrogen-bond acceptors (Lipinski definition) is 4. The van der Waals surface area contributed by atoms with Crippen LogP contribution in [0.15, 0.2) is 48.5 Å². The van der Waals surface area contributed by atoms with E-state index in [0.717, 1.165) is 24.3 Å². The number of alkyl halides is 3. The summed E-state index contributed by atoms with van der Waals surface area (Å²) in [7, 11) is 0. The Balaban J connectivity index is 1.79. The zero-order valence-corrected chi connectivity index (χ0v) is 13.9. The van der Waals surface area contributed by atoms with Crippen LogP contribution in [0.1, 0.15) is 11.3 Å². The van der Waals surface area contributed by atoms with Gasteiger partial charge in [-0.15, -0.1) is 0 Å². The van der Waals surface area contributed by atoms with E-state index in [1.165, 1.54) is 18.2 Å². The maximum atomic E-state index is 13.3. The molecule has 0 radical (unpaired) electrons. The molecule has 0 aliphatic carbocycles. The molecular weight excluding hydrogens is 367 g/mol. The monoisotopic (exact) mass is 380 g/mol. The Morgan fingerprint density at radius 3 is 2.07 bits per heavy atom. The van der Waals surface area contributed by atoms with Gasteiger partial charge in [-0.3, -0.25) is 0 Å². The van der Waals surface area contributed by atoms with Gasteiger partial charge < -0.3 is 10.6 Å². The molecule has 2 aromatic carbocycles. The highest BCUT2D eigenvalue weighted by Gasteiger charge is 2.29. The quantitative estimate of drug-likeness (QED) is 0.581. The normalized spacial score (nSPS) is 11.3. The molecule has 0 amide bonds. The van der Waals surface area contributed by atoms with E-state index in [4.69, 9.17) is 0 Å². The number of benzene rings is 2. The Morgan fingerprint density at radius 1 is 0.778 bits per heavy atom. The van der Waals surface area contributed by atoms with Gasteiger partial charge in [0.05, 0.1) is 5.56 Å². The second-order valence-corrected chi connectivity index (χ2v) is 5.67. The summed E-state index contributed by atoms with van der Waals surface area (Å²) >= 11 is 0. The molecule has 0 aliphatic rings. The molecule has 0 aliphatic heterocycles. The first-order valence-corrected chi connectivity index (χ1v) is 7.73. The number of anilines is 4. The van der Waals surface area contributed by atoms with Gasteiger partial charge in [0.25, 0.3) is 0 Å². The van der Waals surface area contributed by atoms with Gasteiger partial charge in [-0.25, -0.2) is 13.8 Å². The molecule has 140 valence electrons. The zero-order chi connectivity index (χ0) is 19.6. The van der Waals surface area contributed by atoms with Gasteiger partial charge >= 0.3 is 6.18 Å². The van der Waals surface area contributed by atoms with Crippen molar-refractivity contribution < 1.29 is 22.0 Å². The lowest BCUT2D eigenvalue weighted by Crippen LogP contribution is -2.05. The highest BCUT2D eigenvalue weighted by molar-refractivity contribution is 5.60. The average Bonchev–Trinajstić information content (AvgIpc) is 2.57. The van der Waals surface area contributed by atoms with Crippen LogP contribution in [-0.4, -0.2) is 9.97 Å². The summed E-state index contributed by atoms with van der Waals surface area (Å²) in [6.45, 7) is 1.69. The van der Waals surface area contributed by atoms with E-state index < -0.39 is 23.4 Å². The Morgan fingerprint density at radius 2 is 1.44 bits per heavy atom. The molecule has 3 rings (SSSR count). The van der Waals surface area contributed by atoms with Crippen LogP contribution in [0, 0.1) is 18.6 Å². The van der Waals surface area contributed by atoms with Gasteiger partial charge in [0.15, 0.2) is 11.6 Å². The number of rotatable bonds is 4. The van der Waals surface area contributed by atoms with Crippen molar-refractivity contribution in [1.29, 1.82) is 0 Å². The van der Waals surface area contributed by atoms with Crippen LogP contribution in [0.2, 0.25) is 0 Å². The van der Waals surface area contributed by atoms with Crippen LogP contribution in [0.25, 0.3) is 0 Å². The lowest BCUT2D eigenvalue weighted by atomic mass is 10.2. The maximum Gasteiger partial charge on any atom is 0.416 e. The molecule has 0 fully saturated rings. The van der Waals surface area contributed by atoms with Crippen molar-refractivity contribution in [3.8, 4) is 0 Å². The molecule has 0 spiro atoms. The SMILES string of the molecule is Cc1cc(Nc2ccc(F)c(F)c2)nc(Nc2ccc(C(F)(F)F)cc2)n1. The molecule has 0 saturated heterocycles. The van der Waals surface area contributed by atoms with E-state index in [9.17, 15) is 22.0 Å². The van der Waals surface area contributed by atoms with Crippen molar-refractivity contribution in [3.05, 3.63) is 71.4 Å². The van der Waals surface area contributed by atoms with Gasteiger partial charge in [0, 0.05) is 29.2 Å². The largest absolute Gasteiger partial charge is 0.416 e. The molecule has 4 nitrogen and oxygen atoms in total. The van der Waals surface area contributed by atoms with E-state index in [2.05, 4.69) is 20.6 Å². The fraction of sp³-hybridized carbons (Fsp3) is 0.111. The Bertz CT molecular complexity index is 955. The fourth-order valence-corrected chi connectivity index (χ4v) is 2.28. The number of nitrogens with zero attached hydrogens (tertiary/aromatic N) is 2. The molecule has 2 N–H and O–H groups in total. The van der Waals surface area contributed by atoms with Gasteiger partial charge in [0.2, 0.25) is 5.95 Å². The predicted octanol–water partition coefficient (Wildman–Crippen LogP) is 5.57. The first-order chi connectivity index (χ1) is 12.7. The van der Waals surface area contributed by atoms with Crippen LogP contribution in [0.3, 0.4) is 0 Å². The second-order valence-electron chi connectivity index (χ2n) is 5.67. The molecule has 3 aromatic rings. The van der Waals surface area contributed by atoms with E-state index in [1.807, 2.05) is 0 Å². The standard InChI is InChI=1S/C18H13F5N4/c1-10-8-16(25-13-6-7-14(19)15(20)9-13)27-17(24-10)26-12-4-2-11(3-5-12)18(21,22)23/h2-9H,1H3,(H2,24,25,26,27). The van der Waals surface area contributed by atoms with Gasteiger partial charge in [-0.1, -0.05) is 0 Å². The molecule has 0 bridgehead atoms. The van der Waals surface area contributed by atoms with Crippen LogP contribution in [-0.2, 0) is 6.18 Å². The van der Waals surface area contributed by atoms with Crippen molar-refractivity contribution >= 4 is 23.1 Å². The molecule has 27 heavy (non-hydrogen) atoms. The summed E-state index contributed by atoms with van der Waals surface area (Å²) < 4.78 is 64.1. The zero-order valence-electron chi connectivity index (χ0n) is 13.9. The Hall–Kier alpha value is -3.23. The minimum atomic E-state index is -4.42. The van der Waals surface area contributed by atoms with Crippen LogP contribution < -0.4 is 10.6 Å². The highest BCUT2D eigenvalue weighted by Crippen LogP contribution is 2.30. The Labute approximate surface area is 151 Å². The van der Waals surface area contributed by atoms with Crippen molar-refractivity contribution in [2.24, 2.45) is 0 Å². The van der Waals surface area contributed by atoms with Crippen molar-refractivity contribution in [2.45, 2.75) is 13.1 Å². The lowest BCUT2D eigenvalue weighted by molar-refractivity contribution is -0.137. The second kappa shape index (κ2) is 7.18. The van der Waals surface area contributed by atoms with E-state index in [1.54, 1.807) is 13.0 Å². The van der Waals surface area contributed by atoms with Crippen molar-refractivity contribution in [2.75, 3.05) is 10.6 Å². The average molecular weight is 380 g/mol. The minimum Gasteiger partial charge on any atom is -0.340 e. The number of hydrogen-bond donors (Lipinski definition) is 2. The predicted molar refractivity (Wildman–Crippen MR) is 91.1 cm³/mol. The van der Waals surface area contributed by atoms with Crippen LogP contribution >= 0.6 is 0 Å². The van der Waals surface area contributed by atoms with Gasteiger partial charge in [0.1, 0.15) is 5.82 Å². The van der Waals surface area contributed by atoms with E-state index in [0.29, 0.717) is 17.2 Å². The van der Waals surface area contributed by atoms with Gasteiger partial charge in [-0.2, -0.15) is 18.2 Å². The summed E-state index contributed by atoms with van der Waals surface area (Å²) in [6.07, 6.45) is -4.42. The summed E-state index contributed by atoms with van der Waals surface area (Å²) in [5.74, 6) is -1.53. The summed E-state index contributed by atoms with van der Waals surface area (Å²) in [4.78, 5) is 8.33. The maximum absolute atomic E-state index is 13.3. The summed E-state index contributed by atoms with van der Waals surface area (Å²) in [5, 5.41) is 5.63. The lowest BCUT2D eigenvalue weighted by Gasteiger charge is -2.11. The van der Waals surface area contributed by atoms with Crippen molar-refractivity contribution in [3.63, 3.8) is 0 Å². The van der Waals surface area contributed by atoms with Crippen LogP contribution in [0.5, 0.6) is 0 Å². The number of nitrogens with one attached hydrogen (secondary N) is 2. The highest BCUT2D eigenvalue weighted by atomic mass is 19.4. The van der Waals surface area contributed by atoms with Crippen molar-refractivity contribution in [1.82, 2.24) is 9.97 Å². The van der Waals surface area contributed by atoms with E-state index in [-0.39, 0.29) is 11.6 Å². The number of aromatic nitrogens is 2. The molecule has 9 heteroatoms. The molecule has 0 saturated carbocycles. The van der Waals surface area contributed by atoms with E-state index >= 15 is 0 Å². The fourth-order valence-electron chi connectivity index (χ4n) is 2.28. The van der Waals surface area contributed by atoms with Gasteiger partial charge in [-0.05, 0) is 43.3 Å². The number of halogens is 5. The topological polar surface area (TPSA) is 49.8 Å². The number of aryl methyl sites for hydroxylation is 1. The first-order valence-electron chi connectivity index (χ1n) is 7.73. The smallest absolute Gasteiger partial charge is 0.340 e. The molecule has 1 aromatic heterocycles. The summed E-state index contributed by atoms with van der Waals surface area (Å²) in [5.41, 5.74) is 0.447. The third-order valence-corrected chi connectivity index (χ3v) is 3.51. The van der Waals surface area contributed by atoms with Crippen LogP contribution in [0.4, 0.5) is 45.1 Å². The Kier molecular flexibility index (Phi) is 4.93. The molecular formula is C18H13F5N4. The molecule has 0 atom stereocenters. The third kappa shape index (κ3) is 4.69. The first kappa shape index (κ1) is 18.6.